The van der Waals surface area contributed by atoms with Gasteiger partial charge in [-0.25, -0.2) is 0 Å². The van der Waals surface area contributed by atoms with Gasteiger partial charge in [0.05, 0.1) is 7.11 Å². The molecule has 20 heavy (non-hydrogen) atoms. The third-order valence-corrected chi connectivity index (χ3v) is 3.57. The normalized spacial score (nSPS) is 12.4. The number of rotatable bonds is 6. The van der Waals surface area contributed by atoms with Crippen molar-refractivity contribution in [1.82, 2.24) is 0 Å². The Morgan fingerprint density at radius 2 is 1.85 bits per heavy atom. The molecule has 110 valence electrons. The molecular formula is C16H24O3Si. The molecule has 1 aromatic rings. The summed E-state index contributed by atoms with van der Waals surface area (Å²) in [7, 11) is -0.0771. The van der Waals surface area contributed by atoms with Gasteiger partial charge in [-0.05, 0) is 54.9 Å². The first-order chi connectivity index (χ1) is 9.26. The van der Waals surface area contributed by atoms with Crippen LogP contribution in [0.2, 0.25) is 19.6 Å². The molecule has 1 rings (SSSR count). The highest BCUT2D eigenvalue weighted by molar-refractivity contribution is 6.70. The lowest BCUT2D eigenvalue weighted by molar-refractivity contribution is -0.105. The SMILES string of the molecule is COc1ccc(C=C(C=O)C(C)C)cc1O[Si](C)(C)C. The van der Waals surface area contributed by atoms with Crippen LogP contribution in [0.4, 0.5) is 0 Å². The number of benzene rings is 1. The zero-order valence-electron chi connectivity index (χ0n) is 13.2. The van der Waals surface area contributed by atoms with Crippen LogP contribution in [0.5, 0.6) is 11.5 Å². The number of ether oxygens (including phenoxy) is 1. The minimum atomic E-state index is -1.71. The summed E-state index contributed by atoms with van der Waals surface area (Å²) in [6.07, 6.45) is 2.81. The fourth-order valence-corrected chi connectivity index (χ4v) is 2.54. The number of allylic oxidation sites excluding steroid dienone is 1. The average Bonchev–Trinajstić information content (AvgIpc) is 2.34. The van der Waals surface area contributed by atoms with Gasteiger partial charge in [-0.1, -0.05) is 19.9 Å². The van der Waals surface area contributed by atoms with Gasteiger partial charge in [0.2, 0.25) is 8.32 Å². The predicted molar refractivity (Wildman–Crippen MR) is 85.8 cm³/mol. The summed E-state index contributed by atoms with van der Waals surface area (Å²) in [4.78, 5) is 11.1. The van der Waals surface area contributed by atoms with Crippen molar-refractivity contribution in [2.75, 3.05) is 7.11 Å². The maximum atomic E-state index is 11.1. The standard InChI is InChI=1S/C16H24O3Si/c1-12(2)14(11-17)9-13-7-8-15(18-3)16(10-13)19-20(4,5)6/h7-12H,1-6H3. The summed E-state index contributed by atoms with van der Waals surface area (Å²) in [5.41, 5.74) is 1.73. The number of carbonyl (C=O) groups excluding carboxylic acids is 1. The summed E-state index contributed by atoms with van der Waals surface area (Å²) in [6.45, 7) is 10.4. The molecule has 0 atom stereocenters. The molecule has 0 radical (unpaired) electrons. The molecule has 0 spiro atoms. The van der Waals surface area contributed by atoms with Crippen LogP contribution in [0, 0.1) is 5.92 Å². The lowest BCUT2D eigenvalue weighted by Gasteiger charge is -2.21. The van der Waals surface area contributed by atoms with Crippen molar-refractivity contribution in [1.29, 1.82) is 0 Å². The second-order valence-electron chi connectivity index (χ2n) is 6.04. The van der Waals surface area contributed by atoms with Crippen LogP contribution >= 0.6 is 0 Å². The number of hydrogen-bond donors (Lipinski definition) is 0. The van der Waals surface area contributed by atoms with Crippen LogP contribution in [0.25, 0.3) is 6.08 Å². The molecule has 4 heteroatoms. The molecule has 0 bridgehead atoms. The number of hydrogen-bond acceptors (Lipinski definition) is 3. The topological polar surface area (TPSA) is 35.5 Å². The molecule has 0 aliphatic rings. The van der Waals surface area contributed by atoms with E-state index in [1.54, 1.807) is 7.11 Å². The van der Waals surface area contributed by atoms with Crippen LogP contribution in [0.1, 0.15) is 19.4 Å². The van der Waals surface area contributed by atoms with Crippen LogP contribution in [-0.2, 0) is 4.79 Å². The Morgan fingerprint density at radius 3 is 2.30 bits per heavy atom. The van der Waals surface area contributed by atoms with Gasteiger partial charge < -0.3 is 9.16 Å². The third kappa shape index (κ3) is 4.85. The fourth-order valence-electron chi connectivity index (χ4n) is 1.72. The van der Waals surface area contributed by atoms with E-state index in [0.717, 1.165) is 28.9 Å². The molecule has 0 heterocycles. The Labute approximate surface area is 122 Å². The Morgan fingerprint density at radius 1 is 1.20 bits per heavy atom. The fraction of sp³-hybridized carbons (Fsp3) is 0.438. The Kier molecular flexibility index (Phi) is 5.57. The molecule has 0 aliphatic carbocycles. The van der Waals surface area contributed by atoms with Crippen molar-refractivity contribution >= 4 is 20.7 Å². The Balaban J connectivity index is 3.18. The van der Waals surface area contributed by atoms with E-state index in [-0.39, 0.29) is 5.92 Å². The second-order valence-corrected chi connectivity index (χ2v) is 10.5. The van der Waals surface area contributed by atoms with Crippen LogP contribution in [0.3, 0.4) is 0 Å². The largest absolute Gasteiger partial charge is 0.542 e. The van der Waals surface area contributed by atoms with Gasteiger partial charge in [-0.3, -0.25) is 4.79 Å². The first-order valence-corrected chi connectivity index (χ1v) is 10.2. The van der Waals surface area contributed by atoms with E-state index in [9.17, 15) is 4.79 Å². The second kappa shape index (κ2) is 6.75. The van der Waals surface area contributed by atoms with E-state index in [1.165, 1.54) is 0 Å². The molecule has 0 fully saturated rings. The minimum Gasteiger partial charge on any atom is -0.542 e. The van der Waals surface area contributed by atoms with Gasteiger partial charge in [-0.15, -0.1) is 0 Å². The zero-order chi connectivity index (χ0) is 15.3. The molecular weight excluding hydrogens is 268 g/mol. The first kappa shape index (κ1) is 16.5. The number of methoxy groups -OCH3 is 1. The van der Waals surface area contributed by atoms with E-state index in [2.05, 4.69) is 19.6 Å². The minimum absolute atomic E-state index is 0.205. The van der Waals surface area contributed by atoms with Crippen molar-refractivity contribution < 1.29 is 14.0 Å². The van der Waals surface area contributed by atoms with Crippen molar-refractivity contribution in [3.63, 3.8) is 0 Å². The maximum absolute atomic E-state index is 11.1. The lowest BCUT2D eigenvalue weighted by atomic mass is 10.0. The molecule has 0 amide bonds. The van der Waals surface area contributed by atoms with Crippen molar-refractivity contribution in [2.24, 2.45) is 5.92 Å². The van der Waals surface area contributed by atoms with E-state index in [1.807, 2.05) is 38.1 Å². The van der Waals surface area contributed by atoms with Crippen LogP contribution < -0.4 is 9.16 Å². The smallest absolute Gasteiger partial charge is 0.242 e. The van der Waals surface area contributed by atoms with Crippen molar-refractivity contribution in [3.8, 4) is 11.5 Å². The lowest BCUT2D eigenvalue weighted by Crippen LogP contribution is -2.29. The number of aldehydes is 1. The summed E-state index contributed by atoms with van der Waals surface area (Å²) >= 11 is 0. The van der Waals surface area contributed by atoms with Crippen molar-refractivity contribution in [2.45, 2.75) is 33.5 Å². The zero-order valence-corrected chi connectivity index (χ0v) is 14.2. The Bertz CT molecular complexity index is 499. The highest BCUT2D eigenvalue weighted by Gasteiger charge is 2.19. The van der Waals surface area contributed by atoms with Crippen LogP contribution in [-0.4, -0.2) is 21.7 Å². The quantitative estimate of drug-likeness (QED) is 0.449. The predicted octanol–water partition coefficient (Wildman–Crippen LogP) is 4.15. The Hall–Kier alpha value is -1.55. The molecule has 3 nitrogen and oxygen atoms in total. The van der Waals surface area contributed by atoms with E-state index >= 15 is 0 Å². The highest BCUT2D eigenvalue weighted by atomic mass is 28.4. The van der Waals surface area contributed by atoms with Gasteiger partial charge >= 0.3 is 0 Å². The summed E-state index contributed by atoms with van der Waals surface area (Å²) in [5.74, 6) is 1.67. The van der Waals surface area contributed by atoms with Crippen LogP contribution in [0.15, 0.2) is 23.8 Å². The molecule has 1 aromatic carbocycles. The first-order valence-electron chi connectivity index (χ1n) is 6.80. The average molecular weight is 292 g/mol. The van der Waals surface area contributed by atoms with E-state index in [4.69, 9.17) is 9.16 Å². The molecule has 0 unspecified atom stereocenters. The van der Waals surface area contributed by atoms with Gasteiger partial charge in [0.15, 0.2) is 5.75 Å². The summed E-state index contributed by atoms with van der Waals surface area (Å²) < 4.78 is 11.4. The highest BCUT2D eigenvalue weighted by Crippen LogP contribution is 2.31. The monoisotopic (exact) mass is 292 g/mol. The van der Waals surface area contributed by atoms with E-state index < -0.39 is 8.32 Å². The molecule has 0 aliphatic heterocycles. The van der Waals surface area contributed by atoms with Gasteiger partial charge in [0.1, 0.15) is 12.0 Å². The third-order valence-electron chi connectivity index (χ3n) is 2.74. The summed E-state index contributed by atoms with van der Waals surface area (Å²) in [5, 5.41) is 0. The van der Waals surface area contributed by atoms with Gasteiger partial charge in [0, 0.05) is 0 Å². The molecule has 0 N–H and O–H groups in total. The van der Waals surface area contributed by atoms with E-state index in [0.29, 0.717) is 0 Å². The molecule has 0 saturated heterocycles. The van der Waals surface area contributed by atoms with Gasteiger partial charge in [0.25, 0.3) is 0 Å². The number of carbonyl (C=O) groups is 1. The van der Waals surface area contributed by atoms with Gasteiger partial charge in [-0.2, -0.15) is 0 Å². The molecule has 0 aromatic heterocycles. The molecule has 0 saturated carbocycles. The maximum Gasteiger partial charge on any atom is 0.242 e. The van der Waals surface area contributed by atoms with Crippen molar-refractivity contribution in [3.05, 3.63) is 29.3 Å². The summed E-state index contributed by atoms with van der Waals surface area (Å²) in [6, 6.07) is 5.74.